The number of H-pyrrole nitrogens is 1. The Morgan fingerprint density at radius 1 is 1.45 bits per heavy atom. The van der Waals surface area contributed by atoms with Crippen LogP contribution < -0.4 is 0 Å². The Balaban J connectivity index is 2.23. The first-order valence-electron chi connectivity index (χ1n) is 5.82. The minimum atomic E-state index is -0.309. The van der Waals surface area contributed by atoms with Crippen LogP contribution in [0.1, 0.15) is 17.8 Å². The summed E-state index contributed by atoms with van der Waals surface area (Å²) in [5.41, 5.74) is 1.55. The Labute approximate surface area is 137 Å². The summed E-state index contributed by atoms with van der Waals surface area (Å²) in [6.45, 7) is 2.02. The van der Waals surface area contributed by atoms with Crippen molar-refractivity contribution in [3.05, 3.63) is 48.5 Å². The molecule has 2 aromatic heterocycles. The average molecular weight is 392 g/mol. The molecule has 0 spiro atoms. The van der Waals surface area contributed by atoms with Crippen LogP contribution in [-0.4, -0.2) is 9.55 Å². The van der Waals surface area contributed by atoms with Crippen molar-refractivity contribution in [3.8, 4) is 0 Å². The number of rotatable bonds is 2. The number of fused-ring (bicyclic) bond motifs is 1. The van der Waals surface area contributed by atoms with E-state index in [1.807, 2.05) is 23.6 Å². The highest BCUT2D eigenvalue weighted by Crippen LogP contribution is 2.32. The molecule has 7 heteroatoms. The van der Waals surface area contributed by atoms with Crippen LogP contribution in [0.2, 0.25) is 4.34 Å². The molecular formula is C13H9BrClFN2S2. The van der Waals surface area contributed by atoms with Gasteiger partial charge in [0, 0.05) is 10.9 Å². The van der Waals surface area contributed by atoms with Crippen molar-refractivity contribution in [2.45, 2.75) is 13.0 Å². The molecule has 0 aliphatic carbocycles. The van der Waals surface area contributed by atoms with Crippen LogP contribution in [0.15, 0.2) is 28.7 Å². The van der Waals surface area contributed by atoms with Gasteiger partial charge in [0.25, 0.3) is 0 Å². The maximum Gasteiger partial charge on any atom is 0.178 e. The van der Waals surface area contributed by atoms with Crippen LogP contribution in [0, 0.1) is 10.6 Å². The van der Waals surface area contributed by atoms with E-state index in [0.717, 1.165) is 20.2 Å². The Kier molecular flexibility index (Phi) is 3.75. The van der Waals surface area contributed by atoms with Gasteiger partial charge in [-0.1, -0.05) is 11.6 Å². The molecule has 0 saturated heterocycles. The molecule has 0 saturated carbocycles. The molecule has 2 heterocycles. The van der Waals surface area contributed by atoms with Gasteiger partial charge in [-0.2, -0.15) is 0 Å². The molecule has 1 unspecified atom stereocenters. The van der Waals surface area contributed by atoms with Crippen molar-refractivity contribution in [2.75, 3.05) is 0 Å². The number of nitrogens with one attached hydrogen (secondary N) is 1. The number of aromatic nitrogens is 2. The number of aromatic amines is 1. The van der Waals surface area contributed by atoms with E-state index in [1.165, 1.54) is 17.4 Å². The summed E-state index contributed by atoms with van der Waals surface area (Å²) in [4.78, 5) is 4.18. The largest absolute Gasteiger partial charge is 0.331 e. The van der Waals surface area contributed by atoms with E-state index < -0.39 is 0 Å². The van der Waals surface area contributed by atoms with Crippen LogP contribution in [0.25, 0.3) is 11.0 Å². The first-order valence-corrected chi connectivity index (χ1v) is 8.21. The number of benzene rings is 1. The fraction of sp³-hybridized carbons (Fsp3) is 0.154. The lowest BCUT2D eigenvalue weighted by atomic mass is 10.2. The molecule has 0 aliphatic rings. The molecule has 2 nitrogen and oxygen atoms in total. The van der Waals surface area contributed by atoms with Crippen molar-refractivity contribution in [3.63, 3.8) is 0 Å². The zero-order valence-electron chi connectivity index (χ0n) is 10.3. The van der Waals surface area contributed by atoms with E-state index in [0.29, 0.717) is 9.24 Å². The lowest BCUT2D eigenvalue weighted by Crippen LogP contribution is -2.05. The van der Waals surface area contributed by atoms with Crippen molar-refractivity contribution in [1.82, 2.24) is 9.55 Å². The quantitative estimate of drug-likeness (QED) is 0.537. The fourth-order valence-corrected chi connectivity index (χ4v) is 4.00. The zero-order chi connectivity index (χ0) is 14.4. The summed E-state index contributed by atoms with van der Waals surface area (Å²) in [6.07, 6.45) is 0. The van der Waals surface area contributed by atoms with E-state index in [-0.39, 0.29) is 11.9 Å². The second kappa shape index (κ2) is 5.26. The second-order valence-corrected chi connectivity index (χ2v) is 7.39. The normalized spacial score (nSPS) is 13.0. The third kappa shape index (κ3) is 2.35. The molecule has 3 rings (SSSR count). The van der Waals surface area contributed by atoms with Gasteiger partial charge in [-0.25, -0.2) is 4.39 Å². The highest BCUT2D eigenvalue weighted by molar-refractivity contribution is 9.10. The van der Waals surface area contributed by atoms with E-state index >= 15 is 0 Å². The Hall–Kier alpha value is -0.690. The maximum absolute atomic E-state index is 13.8. The summed E-state index contributed by atoms with van der Waals surface area (Å²) < 4.78 is 17.4. The first kappa shape index (κ1) is 14.3. The van der Waals surface area contributed by atoms with Gasteiger partial charge < -0.3 is 9.55 Å². The fourth-order valence-electron chi connectivity index (χ4n) is 2.19. The molecule has 0 fully saturated rings. The average Bonchev–Trinajstić information content (AvgIpc) is 2.93. The van der Waals surface area contributed by atoms with Crippen LogP contribution in [0.4, 0.5) is 4.39 Å². The molecule has 104 valence electrons. The standard InChI is InChI=1S/C13H9BrClFN2S2/c1-6(11-2-3-12(15)20-11)18-10-5-8(16)7(14)4-9(10)17-13(18)19/h2-6H,1H3,(H,17,19). The van der Waals surface area contributed by atoms with Gasteiger partial charge in [-0.15, -0.1) is 11.3 Å². The van der Waals surface area contributed by atoms with E-state index in [1.54, 1.807) is 6.07 Å². The maximum atomic E-state index is 13.8. The molecule has 0 bridgehead atoms. The number of thiophene rings is 1. The molecule has 20 heavy (non-hydrogen) atoms. The van der Waals surface area contributed by atoms with Crippen LogP contribution in [0.3, 0.4) is 0 Å². The van der Waals surface area contributed by atoms with Gasteiger partial charge in [0.2, 0.25) is 0 Å². The molecular weight excluding hydrogens is 383 g/mol. The van der Waals surface area contributed by atoms with Gasteiger partial charge in [0.05, 0.1) is 25.9 Å². The third-order valence-electron chi connectivity index (χ3n) is 3.15. The van der Waals surface area contributed by atoms with Gasteiger partial charge in [0.15, 0.2) is 4.77 Å². The van der Waals surface area contributed by atoms with Gasteiger partial charge >= 0.3 is 0 Å². The Morgan fingerprint density at radius 2 is 2.20 bits per heavy atom. The van der Waals surface area contributed by atoms with Crippen LogP contribution in [0.5, 0.6) is 0 Å². The number of nitrogens with zero attached hydrogens (tertiary/aromatic N) is 1. The summed E-state index contributed by atoms with van der Waals surface area (Å²) in [6, 6.07) is 7.00. The number of imidazole rings is 1. The molecule has 0 aliphatic heterocycles. The molecule has 1 N–H and O–H groups in total. The molecule has 1 aromatic carbocycles. The molecule has 1 atom stereocenters. The Bertz CT molecular complexity index is 852. The van der Waals surface area contributed by atoms with Gasteiger partial charge in [-0.05, 0) is 53.3 Å². The SMILES string of the molecule is CC(c1ccc(Cl)s1)n1c(=S)[nH]c2cc(Br)c(F)cc21. The topological polar surface area (TPSA) is 20.7 Å². The van der Waals surface area contributed by atoms with Crippen molar-refractivity contribution in [2.24, 2.45) is 0 Å². The second-order valence-electron chi connectivity index (χ2n) is 4.40. The summed E-state index contributed by atoms with van der Waals surface area (Å²) in [5.74, 6) is -0.309. The first-order chi connectivity index (χ1) is 9.47. The predicted molar refractivity (Wildman–Crippen MR) is 87.9 cm³/mol. The molecule has 3 aromatic rings. The number of halogens is 3. The smallest absolute Gasteiger partial charge is 0.178 e. The minimum absolute atomic E-state index is 0.00525. The van der Waals surface area contributed by atoms with Crippen molar-refractivity contribution >= 4 is 62.1 Å². The minimum Gasteiger partial charge on any atom is -0.331 e. The van der Waals surface area contributed by atoms with Crippen molar-refractivity contribution < 1.29 is 4.39 Å². The van der Waals surface area contributed by atoms with Crippen LogP contribution in [-0.2, 0) is 0 Å². The highest BCUT2D eigenvalue weighted by atomic mass is 79.9. The van der Waals surface area contributed by atoms with E-state index in [9.17, 15) is 4.39 Å². The lowest BCUT2D eigenvalue weighted by molar-refractivity contribution is 0.618. The summed E-state index contributed by atoms with van der Waals surface area (Å²) in [7, 11) is 0. The molecule has 0 radical (unpaired) electrons. The lowest BCUT2D eigenvalue weighted by Gasteiger charge is -2.13. The van der Waals surface area contributed by atoms with Crippen molar-refractivity contribution in [1.29, 1.82) is 0 Å². The summed E-state index contributed by atoms with van der Waals surface area (Å²) in [5, 5.41) is 0. The monoisotopic (exact) mass is 390 g/mol. The number of hydrogen-bond acceptors (Lipinski definition) is 2. The van der Waals surface area contributed by atoms with Crippen LogP contribution >= 0.6 is 51.1 Å². The summed E-state index contributed by atoms with van der Waals surface area (Å²) >= 11 is 16.0. The van der Waals surface area contributed by atoms with Gasteiger partial charge in [0.1, 0.15) is 5.82 Å². The predicted octanol–water partition coefficient (Wildman–Crippen LogP) is 5.92. The van der Waals surface area contributed by atoms with Gasteiger partial charge in [-0.3, -0.25) is 0 Å². The Morgan fingerprint density at radius 3 is 2.85 bits per heavy atom. The zero-order valence-corrected chi connectivity index (χ0v) is 14.3. The van der Waals surface area contributed by atoms with E-state index in [4.69, 9.17) is 23.8 Å². The molecule has 0 amide bonds. The highest BCUT2D eigenvalue weighted by Gasteiger charge is 2.16. The number of hydrogen-bond donors (Lipinski definition) is 1. The third-order valence-corrected chi connectivity index (χ3v) is 5.46. The van der Waals surface area contributed by atoms with E-state index in [2.05, 4.69) is 20.9 Å².